The molecule has 0 amide bonds. The fraction of sp³-hybridized carbons (Fsp3) is 0.500. The number of halogens is 1. The minimum atomic E-state index is -0.810. The number of nitrogens with zero attached hydrogens (tertiary/aromatic N) is 1. The van der Waals surface area contributed by atoms with Crippen molar-refractivity contribution in [2.45, 2.75) is 12.5 Å². The van der Waals surface area contributed by atoms with Crippen molar-refractivity contribution < 1.29 is 9.53 Å². The first-order valence-corrected chi connectivity index (χ1v) is 7.22. The highest BCUT2D eigenvalue weighted by atomic mass is 127. The van der Waals surface area contributed by atoms with Gasteiger partial charge in [-0.2, -0.15) is 0 Å². The number of methoxy groups -OCH3 is 1. The van der Waals surface area contributed by atoms with Crippen LogP contribution >= 0.6 is 22.6 Å². The first kappa shape index (κ1) is 16.4. The van der Waals surface area contributed by atoms with Crippen LogP contribution < -0.4 is 5.32 Å². The fourth-order valence-electron chi connectivity index (χ4n) is 1.81. The van der Waals surface area contributed by atoms with Gasteiger partial charge in [0.15, 0.2) is 0 Å². The van der Waals surface area contributed by atoms with E-state index in [1.54, 1.807) is 0 Å². The SMILES string of the molecule is COC(=O)C(C)(NCCN(C)C)c1ccc(I)cc1. The monoisotopic (exact) mass is 376 g/mol. The molecule has 0 saturated carbocycles. The Labute approximate surface area is 128 Å². The minimum Gasteiger partial charge on any atom is -0.467 e. The first-order valence-electron chi connectivity index (χ1n) is 6.14. The van der Waals surface area contributed by atoms with Crippen molar-refractivity contribution in [1.82, 2.24) is 10.2 Å². The number of nitrogens with one attached hydrogen (secondary N) is 1. The predicted octanol–water partition coefficient (Wildman–Crippen LogP) is 1.83. The maximum Gasteiger partial charge on any atom is 0.330 e. The Hall–Kier alpha value is -0.660. The molecule has 19 heavy (non-hydrogen) atoms. The third-order valence-electron chi connectivity index (χ3n) is 3.05. The average molecular weight is 376 g/mol. The molecule has 1 rings (SSSR count). The molecule has 1 aromatic rings. The standard InChI is InChI=1S/C14H21IN2O2/c1-14(13(18)19-4,16-9-10-17(2)3)11-5-7-12(15)8-6-11/h5-8,16H,9-10H2,1-4H3. The van der Waals surface area contributed by atoms with Crippen LogP contribution in [-0.4, -0.2) is 45.2 Å². The molecule has 0 aliphatic carbocycles. The Balaban J connectivity index is 2.92. The van der Waals surface area contributed by atoms with Crippen molar-refractivity contribution in [2.24, 2.45) is 0 Å². The highest BCUT2D eigenvalue weighted by Crippen LogP contribution is 2.23. The van der Waals surface area contributed by atoms with E-state index in [4.69, 9.17) is 4.74 Å². The molecule has 0 heterocycles. The molecule has 1 N–H and O–H groups in total. The van der Waals surface area contributed by atoms with Crippen LogP contribution in [0.15, 0.2) is 24.3 Å². The summed E-state index contributed by atoms with van der Waals surface area (Å²) in [6.07, 6.45) is 0. The number of benzene rings is 1. The molecule has 0 aliphatic rings. The van der Waals surface area contributed by atoms with E-state index < -0.39 is 5.54 Å². The van der Waals surface area contributed by atoms with Crippen LogP contribution in [0.3, 0.4) is 0 Å². The highest BCUT2D eigenvalue weighted by Gasteiger charge is 2.35. The molecule has 0 spiro atoms. The van der Waals surface area contributed by atoms with Crippen molar-refractivity contribution in [3.63, 3.8) is 0 Å². The van der Waals surface area contributed by atoms with Crippen LogP contribution in [0, 0.1) is 3.57 Å². The lowest BCUT2D eigenvalue weighted by Gasteiger charge is -2.29. The molecule has 1 aromatic carbocycles. The van der Waals surface area contributed by atoms with Gasteiger partial charge in [0.2, 0.25) is 0 Å². The zero-order valence-corrected chi connectivity index (χ0v) is 14.0. The van der Waals surface area contributed by atoms with Gasteiger partial charge in [0.1, 0.15) is 5.54 Å². The van der Waals surface area contributed by atoms with E-state index in [1.165, 1.54) is 7.11 Å². The summed E-state index contributed by atoms with van der Waals surface area (Å²) in [4.78, 5) is 14.2. The smallest absolute Gasteiger partial charge is 0.330 e. The van der Waals surface area contributed by atoms with Gasteiger partial charge in [-0.05, 0) is 61.3 Å². The highest BCUT2D eigenvalue weighted by molar-refractivity contribution is 14.1. The van der Waals surface area contributed by atoms with Crippen LogP contribution in [0.5, 0.6) is 0 Å². The number of hydrogen-bond acceptors (Lipinski definition) is 4. The molecule has 4 nitrogen and oxygen atoms in total. The second-order valence-corrected chi connectivity index (χ2v) is 6.10. The summed E-state index contributed by atoms with van der Waals surface area (Å²) < 4.78 is 6.08. The Kier molecular flexibility index (Phi) is 6.22. The number of ether oxygens (including phenoxy) is 1. The van der Waals surface area contributed by atoms with E-state index in [9.17, 15) is 4.79 Å². The Morgan fingerprint density at radius 3 is 2.42 bits per heavy atom. The Morgan fingerprint density at radius 2 is 1.95 bits per heavy atom. The predicted molar refractivity (Wildman–Crippen MR) is 85.1 cm³/mol. The van der Waals surface area contributed by atoms with Gasteiger partial charge in [0.05, 0.1) is 7.11 Å². The zero-order valence-electron chi connectivity index (χ0n) is 11.9. The molecule has 0 radical (unpaired) electrons. The Morgan fingerprint density at radius 1 is 1.37 bits per heavy atom. The molecule has 0 saturated heterocycles. The maximum atomic E-state index is 12.1. The summed E-state index contributed by atoms with van der Waals surface area (Å²) in [5, 5.41) is 3.30. The van der Waals surface area contributed by atoms with Crippen molar-refractivity contribution >= 4 is 28.6 Å². The molecule has 0 aliphatic heterocycles. The number of rotatable bonds is 6. The van der Waals surface area contributed by atoms with E-state index in [-0.39, 0.29) is 5.97 Å². The van der Waals surface area contributed by atoms with Crippen molar-refractivity contribution in [3.8, 4) is 0 Å². The maximum absolute atomic E-state index is 12.1. The van der Waals surface area contributed by atoms with Crippen molar-refractivity contribution in [1.29, 1.82) is 0 Å². The molecule has 0 bridgehead atoms. The quantitative estimate of drug-likeness (QED) is 0.608. The van der Waals surface area contributed by atoms with Gasteiger partial charge >= 0.3 is 5.97 Å². The molecule has 0 fully saturated rings. The third kappa shape index (κ3) is 4.43. The van der Waals surface area contributed by atoms with Gasteiger partial charge in [0, 0.05) is 16.7 Å². The van der Waals surface area contributed by atoms with Crippen molar-refractivity contribution in [2.75, 3.05) is 34.3 Å². The van der Waals surface area contributed by atoms with Gasteiger partial charge in [-0.15, -0.1) is 0 Å². The molecular formula is C14H21IN2O2. The molecule has 5 heteroatoms. The molecule has 106 valence electrons. The minimum absolute atomic E-state index is 0.271. The van der Waals surface area contributed by atoms with Crippen LogP contribution in [0.4, 0.5) is 0 Å². The average Bonchev–Trinajstić information content (AvgIpc) is 2.37. The second kappa shape index (κ2) is 7.21. The molecule has 0 aromatic heterocycles. The first-order chi connectivity index (χ1) is 8.90. The van der Waals surface area contributed by atoms with E-state index in [0.717, 1.165) is 15.7 Å². The summed E-state index contributed by atoms with van der Waals surface area (Å²) in [5.41, 5.74) is 0.105. The lowest BCUT2D eigenvalue weighted by Crippen LogP contribution is -2.49. The summed E-state index contributed by atoms with van der Waals surface area (Å²) in [6.45, 7) is 3.43. The van der Waals surface area contributed by atoms with Crippen LogP contribution in [0.25, 0.3) is 0 Å². The number of likely N-dealkylation sites (N-methyl/N-ethyl adjacent to an activating group) is 1. The van der Waals surface area contributed by atoms with E-state index in [2.05, 4.69) is 32.8 Å². The fourth-order valence-corrected chi connectivity index (χ4v) is 2.17. The summed E-state index contributed by atoms with van der Waals surface area (Å²) in [7, 11) is 5.42. The van der Waals surface area contributed by atoms with E-state index >= 15 is 0 Å². The topological polar surface area (TPSA) is 41.6 Å². The van der Waals surface area contributed by atoms with Gasteiger partial charge in [-0.3, -0.25) is 5.32 Å². The molecule has 1 atom stereocenters. The number of hydrogen-bond donors (Lipinski definition) is 1. The van der Waals surface area contributed by atoms with E-state index in [0.29, 0.717) is 6.54 Å². The van der Waals surface area contributed by atoms with E-state index in [1.807, 2.05) is 45.3 Å². The van der Waals surface area contributed by atoms with Gasteiger partial charge in [-0.25, -0.2) is 4.79 Å². The Bertz CT molecular complexity index is 420. The summed E-state index contributed by atoms with van der Waals surface area (Å²) in [5.74, 6) is -0.271. The van der Waals surface area contributed by atoms with Crippen molar-refractivity contribution in [3.05, 3.63) is 33.4 Å². The summed E-state index contributed by atoms with van der Waals surface area (Å²) >= 11 is 2.25. The van der Waals surface area contributed by atoms with Gasteiger partial charge in [-0.1, -0.05) is 12.1 Å². The largest absolute Gasteiger partial charge is 0.467 e. The van der Waals surface area contributed by atoms with Crippen LogP contribution in [0.2, 0.25) is 0 Å². The zero-order chi connectivity index (χ0) is 14.5. The molecule has 1 unspecified atom stereocenters. The second-order valence-electron chi connectivity index (χ2n) is 4.85. The number of carbonyl (C=O) groups is 1. The van der Waals surface area contributed by atoms with Gasteiger partial charge < -0.3 is 9.64 Å². The number of carbonyl (C=O) groups excluding carboxylic acids is 1. The lowest BCUT2D eigenvalue weighted by atomic mass is 9.92. The third-order valence-corrected chi connectivity index (χ3v) is 3.77. The normalized spacial score (nSPS) is 14.2. The number of esters is 1. The lowest BCUT2D eigenvalue weighted by molar-refractivity contribution is -0.148. The summed E-state index contributed by atoms with van der Waals surface area (Å²) in [6, 6.07) is 7.90. The van der Waals surface area contributed by atoms with Crippen LogP contribution in [0.1, 0.15) is 12.5 Å². The molecular weight excluding hydrogens is 355 g/mol. The van der Waals surface area contributed by atoms with Gasteiger partial charge in [0.25, 0.3) is 0 Å². The van der Waals surface area contributed by atoms with Crippen LogP contribution in [-0.2, 0) is 15.1 Å².